The molecule has 0 aromatic heterocycles. The monoisotopic (exact) mass is 374 g/mol. The van der Waals surface area contributed by atoms with E-state index < -0.39 is 0 Å². The minimum Gasteiger partial charge on any atom is -0.385 e. The Morgan fingerprint density at radius 3 is 2.67 bits per heavy atom. The Morgan fingerprint density at radius 1 is 1.00 bits per heavy atom. The SMILES string of the molecule is C=C(NCCC1CNc2ccc(Cl)cc21)c1cccc(-c2ccccc2)c1. The predicted octanol–water partition coefficient (Wildman–Crippen LogP) is 6.17. The summed E-state index contributed by atoms with van der Waals surface area (Å²) in [5, 5.41) is 7.76. The van der Waals surface area contributed by atoms with E-state index in [1.165, 1.54) is 22.4 Å². The first-order chi connectivity index (χ1) is 13.2. The predicted molar refractivity (Wildman–Crippen MR) is 116 cm³/mol. The highest BCUT2D eigenvalue weighted by atomic mass is 35.5. The fourth-order valence-corrected chi connectivity index (χ4v) is 3.83. The molecule has 3 heteroatoms. The van der Waals surface area contributed by atoms with Crippen LogP contribution in [0.2, 0.25) is 5.02 Å². The van der Waals surface area contributed by atoms with Gasteiger partial charge in [0.1, 0.15) is 0 Å². The van der Waals surface area contributed by atoms with Crippen LogP contribution in [0.4, 0.5) is 5.69 Å². The fraction of sp³-hybridized carbons (Fsp3) is 0.167. The lowest BCUT2D eigenvalue weighted by atomic mass is 9.97. The van der Waals surface area contributed by atoms with E-state index in [-0.39, 0.29) is 0 Å². The fourth-order valence-electron chi connectivity index (χ4n) is 3.65. The topological polar surface area (TPSA) is 24.1 Å². The molecule has 0 fully saturated rings. The highest BCUT2D eigenvalue weighted by Gasteiger charge is 2.21. The average molecular weight is 375 g/mol. The number of fused-ring (bicyclic) bond motifs is 1. The number of hydrogen-bond acceptors (Lipinski definition) is 2. The van der Waals surface area contributed by atoms with Gasteiger partial charge in [0.25, 0.3) is 0 Å². The minimum atomic E-state index is 0.481. The second-order valence-electron chi connectivity index (χ2n) is 6.95. The van der Waals surface area contributed by atoms with Crippen molar-refractivity contribution in [3.8, 4) is 11.1 Å². The van der Waals surface area contributed by atoms with Crippen LogP contribution < -0.4 is 10.6 Å². The third-order valence-electron chi connectivity index (χ3n) is 5.14. The number of benzene rings is 3. The molecule has 0 saturated carbocycles. The molecule has 0 spiro atoms. The Hall–Kier alpha value is -2.71. The van der Waals surface area contributed by atoms with Crippen molar-refractivity contribution in [1.29, 1.82) is 0 Å². The summed E-state index contributed by atoms with van der Waals surface area (Å²) in [5.41, 5.74) is 7.05. The molecule has 3 aromatic rings. The molecule has 136 valence electrons. The van der Waals surface area contributed by atoms with Crippen LogP contribution in [0.15, 0.2) is 79.4 Å². The molecule has 0 radical (unpaired) electrons. The standard InChI is InChI=1S/C24H23ClN2/c1-17(19-8-5-9-20(14-19)18-6-3-2-4-7-18)26-13-12-21-16-27-24-11-10-22(25)15-23(21)24/h2-11,14-15,21,26-27H,1,12-13,16H2. The average Bonchev–Trinajstić information content (AvgIpc) is 3.11. The molecule has 2 nitrogen and oxygen atoms in total. The summed E-state index contributed by atoms with van der Waals surface area (Å²) in [4.78, 5) is 0. The van der Waals surface area contributed by atoms with Crippen molar-refractivity contribution < 1.29 is 0 Å². The van der Waals surface area contributed by atoms with E-state index in [9.17, 15) is 0 Å². The summed E-state index contributed by atoms with van der Waals surface area (Å²) in [6.07, 6.45) is 1.04. The van der Waals surface area contributed by atoms with Crippen LogP contribution in [0.3, 0.4) is 0 Å². The zero-order valence-electron chi connectivity index (χ0n) is 15.2. The maximum Gasteiger partial charge on any atom is 0.0410 e. The van der Waals surface area contributed by atoms with Crippen LogP contribution in [-0.4, -0.2) is 13.1 Å². The third kappa shape index (κ3) is 4.01. The van der Waals surface area contributed by atoms with Crippen LogP contribution in [-0.2, 0) is 0 Å². The van der Waals surface area contributed by atoms with Gasteiger partial charge in [0.15, 0.2) is 0 Å². The van der Waals surface area contributed by atoms with Crippen molar-refractivity contribution in [2.45, 2.75) is 12.3 Å². The van der Waals surface area contributed by atoms with Crippen molar-refractivity contribution in [1.82, 2.24) is 5.32 Å². The molecule has 1 atom stereocenters. The normalized spacial score (nSPS) is 15.1. The number of hydrogen-bond donors (Lipinski definition) is 2. The van der Waals surface area contributed by atoms with Crippen LogP contribution in [0.25, 0.3) is 16.8 Å². The highest BCUT2D eigenvalue weighted by Crippen LogP contribution is 2.35. The molecule has 0 aliphatic carbocycles. The molecule has 4 rings (SSSR count). The molecule has 0 amide bonds. The Kier molecular flexibility index (Phi) is 5.17. The van der Waals surface area contributed by atoms with Crippen molar-refractivity contribution in [2.75, 3.05) is 18.4 Å². The Morgan fingerprint density at radius 2 is 1.81 bits per heavy atom. The van der Waals surface area contributed by atoms with Crippen LogP contribution in [0.1, 0.15) is 23.5 Å². The molecule has 3 aromatic carbocycles. The summed E-state index contributed by atoms with van der Waals surface area (Å²) < 4.78 is 0. The molecule has 2 N–H and O–H groups in total. The number of rotatable bonds is 6. The van der Waals surface area contributed by atoms with Gasteiger partial charge in [-0.1, -0.05) is 66.7 Å². The third-order valence-corrected chi connectivity index (χ3v) is 5.38. The molecule has 1 unspecified atom stereocenters. The van der Waals surface area contributed by atoms with Gasteiger partial charge in [-0.2, -0.15) is 0 Å². The Labute approximate surface area is 165 Å². The first-order valence-electron chi connectivity index (χ1n) is 9.32. The van der Waals surface area contributed by atoms with Gasteiger partial charge in [0.2, 0.25) is 0 Å². The maximum atomic E-state index is 6.16. The quantitative estimate of drug-likeness (QED) is 0.539. The van der Waals surface area contributed by atoms with Crippen molar-refractivity contribution in [3.63, 3.8) is 0 Å². The first kappa shape index (κ1) is 17.7. The maximum absolute atomic E-state index is 6.16. The van der Waals surface area contributed by atoms with Gasteiger partial charge in [-0.15, -0.1) is 0 Å². The van der Waals surface area contributed by atoms with Crippen LogP contribution in [0.5, 0.6) is 0 Å². The number of halogens is 1. The molecular formula is C24H23ClN2. The summed E-state index contributed by atoms with van der Waals surface area (Å²) in [6.45, 7) is 6.08. The first-order valence-corrected chi connectivity index (χ1v) is 9.70. The second-order valence-corrected chi connectivity index (χ2v) is 7.39. The molecule has 0 bridgehead atoms. The summed E-state index contributed by atoms with van der Waals surface area (Å²) in [6, 6.07) is 25.0. The Bertz CT molecular complexity index is 950. The lowest BCUT2D eigenvalue weighted by molar-refractivity contribution is 0.653. The van der Waals surface area contributed by atoms with Gasteiger partial charge >= 0.3 is 0 Å². The lowest BCUT2D eigenvalue weighted by Gasteiger charge is -2.14. The van der Waals surface area contributed by atoms with E-state index in [1.54, 1.807) is 0 Å². The largest absolute Gasteiger partial charge is 0.385 e. The molecular weight excluding hydrogens is 352 g/mol. The van der Waals surface area contributed by atoms with Crippen molar-refractivity contribution >= 4 is 23.0 Å². The number of anilines is 1. The molecule has 1 aliphatic heterocycles. The zero-order chi connectivity index (χ0) is 18.6. The van der Waals surface area contributed by atoms with Gasteiger partial charge in [0, 0.05) is 35.4 Å². The highest BCUT2D eigenvalue weighted by molar-refractivity contribution is 6.30. The number of nitrogens with one attached hydrogen (secondary N) is 2. The van der Waals surface area contributed by atoms with Crippen LogP contribution >= 0.6 is 11.6 Å². The zero-order valence-corrected chi connectivity index (χ0v) is 16.0. The van der Waals surface area contributed by atoms with Gasteiger partial charge < -0.3 is 10.6 Å². The molecule has 0 saturated heterocycles. The Balaban J connectivity index is 1.38. The van der Waals surface area contributed by atoms with Crippen molar-refractivity contribution in [2.24, 2.45) is 0 Å². The van der Waals surface area contributed by atoms with E-state index in [1.807, 2.05) is 12.1 Å². The molecule has 27 heavy (non-hydrogen) atoms. The van der Waals surface area contributed by atoms with Gasteiger partial charge in [-0.05, 0) is 52.9 Å². The van der Waals surface area contributed by atoms with Crippen LogP contribution in [0, 0.1) is 0 Å². The van der Waals surface area contributed by atoms with E-state index >= 15 is 0 Å². The smallest absolute Gasteiger partial charge is 0.0410 e. The molecule has 1 heterocycles. The van der Waals surface area contributed by atoms with E-state index in [0.29, 0.717) is 5.92 Å². The van der Waals surface area contributed by atoms with E-state index in [4.69, 9.17) is 11.6 Å². The summed E-state index contributed by atoms with van der Waals surface area (Å²) >= 11 is 6.16. The minimum absolute atomic E-state index is 0.481. The van der Waals surface area contributed by atoms with Crippen molar-refractivity contribution in [3.05, 3.63) is 95.5 Å². The van der Waals surface area contributed by atoms with E-state index in [2.05, 4.69) is 77.9 Å². The van der Waals surface area contributed by atoms with Gasteiger partial charge in [-0.25, -0.2) is 0 Å². The van der Waals surface area contributed by atoms with Gasteiger partial charge in [0.05, 0.1) is 0 Å². The summed E-state index contributed by atoms with van der Waals surface area (Å²) in [5.74, 6) is 0.481. The lowest BCUT2D eigenvalue weighted by Crippen LogP contribution is -2.16. The molecule has 1 aliphatic rings. The van der Waals surface area contributed by atoms with E-state index in [0.717, 1.165) is 35.8 Å². The summed E-state index contributed by atoms with van der Waals surface area (Å²) in [7, 11) is 0. The van der Waals surface area contributed by atoms with Gasteiger partial charge in [-0.3, -0.25) is 0 Å². The second kappa shape index (κ2) is 7.89.